The summed E-state index contributed by atoms with van der Waals surface area (Å²) in [6.45, 7) is 0. The van der Waals surface area contributed by atoms with Crippen molar-refractivity contribution >= 4 is 29.3 Å². The average molecular weight is 380 g/mol. The molecule has 0 spiro atoms. The summed E-state index contributed by atoms with van der Waals surface area (Å²) in [6, 6.07) is 21.0. The molecule has 4 nitrogen and oxygen atoms in total. The zero-order valence-corrected chi connectivity index (χ0v) is 15.2. The number of nitriles is 2. The Hall–Kier alpha value is -2.73. The van der Waals surface area contributed by atoms with Gasteiger partial charge in [0.2, 0.25) is 5.91 Å². The van der Waals surface area contributed by atoms with Crippen molar-refractivity contribution in [3.05, 3.63) is 81.3 Å². The molecule has 1 aliphatic heterocycles. The van der Waals surface area contributed by atoms with Gasteiger partial charge in [0.15, 0.2) is 0 Å². The van der Waals surface area contributed by atoms with Gasteiger partial charge in [0.25, 0.3) is 0 Å². The Morgan fingerprint density at radius 2 is 1.77 bits per heavy atom. The fraction of sp³-hybridized carbons (Fsp3) is 0.150. The lowest BCUT2D eigenvalue weighted by molar-refractivity contribution is -0.123. The van der Waals surface area contributed by atoms with Crippen molar-refractivity contribution in [1.29, 1.82) is 10.5 Å². The number of amides is 1. The molecule has 0 aliphatic carbocycles. The smallest absolute Gasteiger partial charge is 0.243 e. The van der Waals surface area contributed by atoms with E-state index in [1.807, 2.05) is 36.4 Å². The van der Waals surface area contributed by atoms with Crippen LogP contribution in [0, 0.1) is 28.6 Å². The highest BCUT2D eigenvalue weighted by Gasteiger charge is 2.40. The van der Waals surface area contributed by atoms with Crippen LogP contribution in [0.3, 0.4) is 0 Å². The van der Waals surface area contributed by atoms with E-state index < -0.39 is 17.7 Å². The molecule has 1 aliphatic rings. The van der Waals surface area contributed by atoms with Gasteiger partial charge in [-0.1, -0.05) is 60.1 Å². The van der Waals surface area contributed by atoms with E-state index in [4.69, 9.17) is 11.6 Å². The Morgan fingerprint density at radius 3 is 2.42 bits per heavy atom. The molecule has 1 heterocycles. The number of thioether (sulfide) groups is 1. The Bertz CT molecular complexity index is 944. The van der Waals surface area contributed by atoms with Crippen molar-refractivity contribution in [2.45, 2.75) is 11.7 Å². The van der Waals surface area contributed by atoms with Crippen LogP contribution in [-0.2, 0) is 10.5 Å². The SMILES string of the molecule is N#CC1=C(SCc2ccccc2)NC(=O)[C@H](C#N)[C@@H]1c1ccccc1Cl. The number of halogens is 1. The molecule has 1 N–H and O–H groups in total. The highest BCUT2D eigenvalue weighted by atomic mass is 35.5. The first-order chi connectivity index (χ1) is 12.7. The van der Waals surface area contributed by atoms with E-state index in [1.54, 1.807) is 24.3 Å². The number of benzene rings is 2. The number of carbonyl (C=O) groups is 1. The second kappa shape index (κ2) is 8.10. The minimum Gasteiger partial charge on any atom is -0.319 e. The highest BCUT2D eigenvalue weighted by Crippen LogP contribution is 2.42. The number of nitrogens with one attached hydrogen (secondary N) is 1. The summed E-state index contributed by atoms with van der Waals surface area (Å²) >= 11 is 7.67. The summed E-state index contributed by atoms with van der Waals surface area (Å²) in [4.78, 5) is 12.5. The lowest BCUT2D eigenvalue weighted by Gasteiger charge is -2.29. The quantitative estimate of drug-likeness (QED) is 0.856. The molecule has 3 rings (SSSR count). The van der Waals surface area contributed by atoms with Crippen LogP contribution in [0.15, 0.2) is 65.2 Å². The molecule has 2 aromatic carbocycles. The van der Waals surface area contributed by atoms with Crippen LogP contribution in [0.5, 0.6) is 0 Å². The molecular formula is C20H14ClN3OS. The molecule has 26 heavy (non-hydrogen) atoms. The van der Waals surface area contributed by atoms with E-state index in [-0.39, 0.29) is 0 Å². The second-order valence-electron chi connectivity index (χ2n) is 5.72. The van der Waals surface area contributed by atoms with E-state index in [9.17, 15) is 15.3 Å². The Balaban J connectivity index is 2.01. The molecule has 0 aromatic heterocycles. The lowest BCUT2D eigenvalue weighted by atomic mass is 9.79. The van der Waals surface area contributed by atoms with Gasteiger partial charge in [0.05, 0.1) is 22.7 Å². The van der Waals surface area contributed by atoms with Crippen molar-refractivity contribution in [3.8, 4) is 12.1 Å². The maximum absolute atomic E-state index is 12.5. The first-order valence-electron chi connectivity index (χ1n) is 7.91. The van der Waals surface area contributed by atoms with Crippen molar-refractivity contribution in [2.24, 2.45) is 5.92 Å². The number of hydrogen-bond donors (Lipinski definition) is 1. The molecule has 0 bridgehead atoms. The first-order valence-corrected chi connectivity index (χ1v) is 9.28. The van der Waals surface area contributed by atoms with Crippen LogP contribution in [0.25, 0.3) is 0 Å². The highest BCUT2D eigenvalue weighted by molar-refractivity contribution is 8.02. The van der Waals surface area contributed by atoms with Gasteiger partial charge in [-0.3, -0.25) is 4.79 Å². The van der Waals surface area contributed by atoms with Crippen LogP contribution >= 0.6 is 23.4 Å². The van der Waals surface area contributed by atoms with E-state index in [2.05, 4.69) is 11.4 Å². The first kappa shape index (κ1) is 18.1. The zero-order chi connectivity index (χ0) is 18.5. The molecule has 0 radical (unpaired) electrons. The van der Waals surface area contributed by atoms with Gasteiger partial charge < -0.3 is 5.32 Å². The normalized spacial score (nSPS) is 19.4. The molecule has 0 saturated heterocycles. The van der Waals surface area contributed by atoms with E-state index >= 15 is 0 Å². The van der Waals surface area contributed by atoms with Gasteiger partial charge in [0, 0.05) is 16.7 Å². The number of rotatable bonds is 4. The fourth-order valence-electron chi connectivity index (χ4n) is 2.88. The van der Waals surface area contributed by atoms with Gasteiger partial charge in [-0.2, -0.15) is 10.5 Å². The Morgan fingerprint density at radius 1 is 1.08 bits per heavy atom. The molecule has 2 aromatic rings. The minimum absolute atomic E-state index is 0.366. The van der Waals surface area contributed by atoms with Gasteiger partial charge >= 0.3 is 0 Å². The summed E-state index contributed by atoms with van der Waals surface area (Å²) in [7, 11) is 0. The molecule has 0 fully saturated rings. The third-order valence-electron chi connectivity index (χ3n) is 4.13. The maximum atomic E-state index is 12.5. The summed E-state index contributed by atoms with van der Waals surface area (Å²) < 4.78 is 0. The standard InChI is InChI=1S/C20H14ClN3OS/c21-17-9-5-4-8-14(17)18-15(10-22)19(25)24-20(16(18)11-23)26-12-13-6-2-1-3-7-13/h1-9,15,18H,12H2,(H,24,25)/t15-,18+/m1/s1. The Labute approximate surface area is 161 Å². The van der Waals surface area contributed by atoms with Crippen LogP contribution < -0.4 is 5.32 Å². The third kappa shape index (κ3) is 3.60. The lowest BCUT2D eigenvalue weighted by Crippen LogP contribution is -2.38. The van der Waals surface area contributed by atoms with Gasteiger partial charge in [-0.15, -0.1) is 11.8 Å². The zero-order valence-electron chi connectivity index (χ0n) is 13.6. The fourth-order valence-corrected chi connectivity index (χ4v) is 4.13. The van der Waals surface area contributed by atoms with Crippen LogP contribution in [0.2, 0.25) is 5.02 Å². The molecule has 6 heteroatoms. The van der Waals surface area contributed by atoms with Crippen LogP contribution in [0.4, 0.5) is 0 Å². The van der Waals surface area contributed by atoms with Crippen molar-refractivity contribution < 1.29 is 4.79 Å². The monoisotopic (exact) mass is 379 g/mol. The molecule has 2 atom stereocenters. The molecule has 0 saturated carbocycles. The van der Waals surface area contributed by atoms with Gasteiger partial charge in [-0.05, 0) is 17.2 Å². The summed E-state index contributed by atoms with van der Waals surface area (Å²) in [5, 5.41) is 22.9. The second-order valence-corrected chi connectivity index (χ2v) is 7.12. The topological polar surface area (TPSA) is 76.7 Å². The number of carbonyl (C=O) groups excluding carboxylic acids is 1. The summed E-state index contributed by atoms with van der Waals surface area (Å²) in [6.07, 6.45) is 0. The van der Waals surface area contributed by atoms with E-state index in [1.165, 1.54) is 11.8 Å². The van der Waals surface area contributed by atoms with Crippen molar-refractivity contribution in [2.75, 3.05) is 0 Å². The predicted octanol–water partition coefficient (Wildman–Crippen LogP) is 4.36. The molecule has 0 unspecified atom stereocenters. The van der Waals surface area contributed by atoms with Crippen molar-refractivity contribution in [3.63, 3.8) is 0 Å². The minimum atomic E-state index is -0.995. The van der Waals surface area contributed by atoms with Gasteiger partial charge in [0.1, 0.15) is 5.92 Å². The molecule has 1 amide bonds. The van der Waals surface area contributed by atoms with Gasteiger partial charge in [-0.25, -0.2) is 0 Å². The maximum Gasteiger partial charge on any atom is 0.243 e. The molecular weight excluding hydrogens is 366 g/mol. The third-order valence-corrected chi connectivity index (χ3v) is 5.57. The number of hydrogen-bond acceptors (Lipinski definition) is 4. The van der Waals surface area contributed by atoms with E-state index in [0.717, 1.165) is 5.56 Å². The van der Waals surface area contributed by atoms with Crippen LogP contribution in [0.1, 0.15) is 17.0 Å². The average Bonchev–Trinajstić information content (AvgIpc) is 2.67. The summed E-state index contributed by atoms with van der Waals surface area (Å²) in [5.41, 5.74) is 2.06. The number of nitrogens with zero attached hydrogens (tertiary/aromatic N) is 2. The molecule has 128 valence electrons. The largest absolute Gasteiger partial charge is 0.319 e. The van der Waals surface area contributed by atoms with Crippen molar-refractivity contribution in [1.82, 2.24) is 5.32 Å². The summed E-state index contributed by atoms with van der Waals surface area (Å²) in [5.74, 6) is -1.47. The predicted molar refractivity (Wildman–Crippen MR) is 102 cm³/mol. The van der Waals surface area contributed by atoms with Crippen LogP contribution in [-0.4, -0.2) is 5.91 Å². The van der Waals surface area contributed by atoms with E-state index in [0.29, 0.717) is 26.9 Å². The number of allylic oxidation sites excluding steroid dienone is 1. The Kier molecular flexibility index (Phi) is 5.63.